The van der Waals surface area contributed by atoms with Gasteiger partial charge in [-0.25, -0.2) is 9.97 Å². The molecule has 1 saturated heterocycles. The molecule has 4 heterocycles. The molecule has 3 aromatic heterocycles. The van der Waals surface area contributed by atoms with E-state index in [1.54, 1.807) is 49.6 Å². The molecule has 0 N–H and O–H groups in total. The minimum Gasteiger partial charge on any atom is -0.436 e. The van der Waals surface area contributed by atoms with Crippen LogP contribution in [0.3, 0.4) is 0 Å². The first kappa shape index (κ1) is 18.1. The Morgan fingerprint density at radius 1 is 1.25 bits per heavy atom. The SMILES string of the molecule is Cc1nc(C)c(C(=O)N2CCCC(c3nccnc3Oc3cccnc3)C2)o1. The Labute approximate surface area is 162 Å². The molecule has 0 saturated carbocycles. The third-order valence-corrected chi connectivity index (χ3v) is 4.73. The highest BCUT2D eigenvalue weighted by molar-refractivity contribution is 5.92. The minimum atomic E-state index is -0.138. The fraction of sp³-hybridized carbons (Fsp3) is 0.350. The van der Waals surface area contributed by atoms with Gasteiger partial charge in [0.2, 0.25) is 11.6 Å². The second-order valence-corrected chi connectivity index (χ2v) is 6.78. The Morgan fingerprint density at radius 2 is 2.11 bits per heavy atom. The Kier molecular flexibility index (Phi) is 5.01. The van der Waals surface area contributed by atoms with Crippen molar-refractivity contribution in [3.05, 3.63) is 60.0 Å². The molecular weight excluding hydrogens is 358 g/mol. The molecule has 28 heavy (non-hydrogen) atoms. The third kappa shape index (κ3) is 3.71. The molecule has 0 aliphatic carbocycles. The summed E-state index contributed by atoms with van der Waals surface area (Å²) in [4.78, 5) is 31.8. The fourth-order valence-corrected chi connectivity index (χ4v) is 3.47. The van der Waals surface area contributed by atoms with Crippen LogP contribution in [0.2, 0.25) is 0 Å². The highest BCUT2D eigenvalue weighted by Crippen LogP contribution is 2.33. The van der Waals surface area contributed by atoms with E-state index in [0.717, 1.165) is 18.5 Å². The molecule has 8 heteroatoms. The van der Waals surface area contributed by atoms with Crippen molar-refractivity contribution in [1.82, 2.24) is 24.8 Å². The number of rotatable bonds is 4. The summed E-state index contributed by atoms with van der Waals surface area (Å²) in [6, 6.07) is 3.62. The number of piperidine rings is 1. The number of carbonyl (C=O) groups is 1. The lowest BCUT2D eigenvalue weighted by atomic mass is 9.94. The van der Waals surface area contributed by atoms with E-state index in [2.05, 4.69) is 19.9 Å². The zero-order valence-electron chi connectivity index (χ0n) is 15.8. The van der Waals surface area contributed by atoms with Crippen molar-refractivity contribution in [1.29, 1.82) is 0 Å². The highest BCUT2D eigenvalue weighted by Gasteiger charge is 2.31. The number of likely N-dealkylation sites (tertiary alicyclic amines) is 1. The van der Waals surface area contributed by atoms with Crippen molar-refractivity contribution >= 4 is 5.91 Å². The van der Waals surface area contributed by atoms with Crippen molar-refractivity contribution < 1.29 is 13.9 Å². The Bertz CT molecular complexity index is 973. The monoisotopic (exact) mass is 379 g/mol. The second-order valence-electron chi connectivity index (χ2n) is 6.78. The lowest BCUT2D eigenvalue weighted by molar-refractivity contribution is 0.0670. The molecular formula is C20H21N5O3. The topological polar surface area (TPSA) is 94.2 Å². The van der Waals surface area contributed by atoms with Crippen molar-refractivity contribution in [2.45, 2.75) is 32.6 Å². The lowest BCUT2D eigenvalue weighted by Gasteiger charge is -2.32. The van der Waals surface area contributed by atoms with Crippen molar-refractivity contribution in [2.24, 2.45) is 0 Å². The highest BCUT2D eigenvalue weighted by atomic mass is 16.5. The van der Waals surface area contributed by atoms with Crippen LogP contribution in [0, 0.1) is 13.8 Å². The van der Waals surface area contributed by atoms with Gasteiger partial charge in [-0.3, -0.25) is 14.8 Å². The quantitative estimate of drug-likeness (QED) is 0.686. The zero-order chi connectivity index (χ0) is 19.5. The number of aryl methyl sites for hydroxylation is 2. The number of pyridine rings is 1. The molecule has 0 spiro atoms. The molecule has 1 fully saturated rings. The van der Waals surface area contributed by atoms with E-state index in [0.29, 0.717) is 42.1 Å². The standard InChI is InChI=1S/C20H21N5O3/c1-13-18(27-14(2)24-13)20(26)25-10-4-5-15(12-25)17-19(23-9-8-22-17)28-16-6-3-7-21-11-16/h3,6-9,11,15H,4-5,10,12H2,1-2H3. The smallest absolute Gasteiger partial charge is 0.291 e. The van der Waals surface area contributed by atoms with Crippen LogP contribution in [0.4, 0.5) is 0 Å². The first-order valence-corrected chi connectivity index (χ1v) is 9.24. The molecule has 3 aromatic rings. The maximum Gasteiger partial charge on any atom is 0.291 e. The summed E-state index contributed by atoms with van der Waals surface area (Å²) in [6.07, 6.45) is 8.33. The molecule has 1 amide bonds. The number of hydrogen-bond donors (Lipinski definition) is 0. The van der Waals surface area contributed by atoms with Crippen LogP contribution < -0.4 is 4.74 Å². The van der Waals surface area contributed by atoms with Crippen LogP contribution in [0.25, 0.3) is 0 Å². The van der Waals surface area contributed by atoms with Gasteiger partial charge in [0.25, 0.3) is 5.91 Å². The van der Waals surface area contributed by atoms with E-state index in [1.165, 1.54) is 0 Å². The molecule has 0 radical (unpaired) electrons. The number of amides is 1. The first-order valence-electron chi connectivity index (χ1n) is 9.24. The van der Waals surface area contributed by atoms with Gasteiger partial charge >= 0.3 is 0 Å². The van der Waals surface area contributed by atoms with E-state index in [1.807, 2.05) is 6.07 Å². The average molecular weight is 379 g/mol. The number of oxazole rings is 1. The van der Waals surface area contributed by atoms with Crippen molar-refractivity contribution in [3.63, 3.8) is 0 Å². The number of hydrogen-bond acceptors (Lipinski definition) is 7. The number of nitrogens with zero attached hydrogens (tertiary/aromatic N) is 5. The first-order chi connectivity index (χ1) is 13.6. The Hall–Kier alpha value is -3.29. The number of ether oxygens (including phenoxy) is 1. The lowest BCUT2D eigenvalue weighted by Crippen LogP contribution is -2.39. The largest absolute Gasteiger partial charge is 0.436 e. The van der Waals surface area contributed by atoms with Gasteiger partial charge in [0.05, 0.1) is 11.9 Å². The second kappa shape index (κ2) is 7.75. The Morgan fingerprint density at radius 3 is 2.86 bits per heavy atom. The molecule has 8 nitrogen and oxygen atoms in total. The fourth-order valence-electron chi connectivity index (χ4n) is 3.47. The molecule has 0 bridgehead atoms. The van der Waals surface area contributed by atoms with Crippen LogP contribution in [-0.2, 0) is 0 Å². The van der Waals surface area contributed by atoms with Gasteiger partial charge in [0.1, 0.15) is 11.4 Å². The maximum absolute atomic E-state index is 12.9. The normalized spacial score (nSPS) is 16.8. The van der Waals surface area contributed by atoms with Gasteiger partial charge in [0.15, 0.2) is 5.89 Å². The van der Waals surface area contributed by atoms with Crippen LogP contribution >= 0.6 is 0 Å². The molecule has 4 rings (SSSR count). The summed E-state index contributed by atoms with van der Waals surface area (Å²) in [6.45, 7) is 4.73. The maximum atomic E-state index is 12.9. The van der Waals surface area contributed by atoms with E-state index >= 15 is 0 Å². The van der Waals surface area contributed by atoms with Gasteiger partial charge in [-0.15, -0.1) is 0 Å². The van der Waals surface area contributed by atoms with E-state index in [4.69, 9.17) is 9.15 Å². The molecule has 1 unspecified atom stereocenters. The van der Waals surface area contributed by atoms with Crippen molar-refractivity contribution in [3.8, 4) is 11.6 Å². The summed E-state index contributed by atoms with van der Waals surface area (Å²) >= 11 is 0. The molecule has 1 aliphatic heterocycles. The van der Waals surface area contributed by atoms with Crippen LogP contribution in [-0.4, -0.2) is 43.8 Å². The average Bonchev–Trinajstić information content (AvgIpc) is 3.07. The molecule has 144 valence electrons. The van der Waals surface area contributed by atoms with E-state index in [9.17, 15) is 4.79 Å². The zero-order valence-corrected chi connectivity index (χ0v) is 15.8. The Balaban J connectivity index is 1.55. The van der Waals surface area contributed by atoms with Crippen LogP contribution in [0.15, 0.2) is 41.3 Å². The predicted molar refractivity (Wildman–Crippen MR) is 100 cm³/mol. The number of carbonyl (C=O) groups excluding carboxylic acids is 1. The minimum absolute atomic E-state index is 0.0300. The van der Waals surface area contributed by atoms with Crippen molar-refractivity contribution in [2.75, 3.05) is 13.1 Å². The number of aromatic nitrogens is 4. The van der Waals surface area contributed by atoms with Crippen LogP contribution in [0.1, 0.15) is 46.6 Å². The van der Waals surface area contributed by atoms with E-state index < -0.39 is 0 Å². The van der Waals surface area contributed by atoms with Gasteiger partial charge in [-0.2, -0.15) is 0 Å². The third-order valence-electron chi connectivity index (χ3n) is 4.73. The molecule has 1 aliphatic rings. The van der Waals surface area contributed by atoms with Gasteiger partial charge in [0, 0.05) is 44.5 Å². The summed E-state index contributed by atoms with van der Waals surface area (Å²) < 4.78 is 11.4. The van der Waals surface area contributed by atoms with Gasteiger partial charge in [-0.05, 0) is 31.9 Å². The summed E-state index contributed by atoms with van der Waals surface area (Å²) in [5.41, 5.74) is 1.36. The van der Waals surface area contributed by atoms with Gasteiger partial charge in [-0.1, -0.05) is 0 Å². The van der Waals surface area contributed by atoms with E-state index in [-0.39, 0.29) is 11.8 Å². The molecule has 0 aromatic carbocycles. The summed E-state index contributed by atoms with van der Waals surface area (Å²) in [5, 5.41) is 0. The summed E-state index contributed by atoms with van der Waals surface area (Å²) in [7, 11) is 0. The van der Waals surface area contributed by atoms with Gasteiger partial charge < -0.3 is 14.1 Å². The predicted octanol–water partition coefficient (Wildman–Crippen LogP) is 3.29. The molecule has 1 atom stereocenters. The summed E-state index contributed by atoms with van der Waals surface area (Å²) in [5.74, 6) is 1.74. The van der Waals surface area contributed by atoms with Crippen LogP contribution in [0.5, 0.6) is 11.6 Å².